The van der Waals surface area contributed by atoms with Gasteiger partial charge in [-0.2, -0.15) is 4.98 Å². The number of ether oxygens (including phenoxy) is 1. The molecule has 1 aromatic carbocycles. The highest BCUT2D eigenvalue weighted by molar-refractivity contribution is 5.95. The number of hydrogen-bond donors (Lipinski definition) is 1. The van der Waals surface area contributed by atoms with Gasteiger partial charge in [0.05, 0.1) is 12.2 Å². The largest absolute Gasteiger partial charge is 0.493 e. The maximum atomic E-state index is 14.3. The van der Waals surface area contributed by atoms with E-state index in [-0.39, 0.29) is 17.7 Å². The first-order chi connectivity index (χ1) is 18.2. The molecule has 0 spiro atoms. The van der Waals surface area contributed by atoms with E-state index in [1.165, 1.54) is 0 Å². The van der Waals surface area contributed by atoms with Gasteiger partial charge in [0.2, 0.25) is 17.7 Å². The van der Waals surface area contributed by atoms with E-state index in [0.717, 1.165) is 50.9 Å². The zero-order valence-electron chi connectivity index (χ0n) is 22.2. The molecule has 1 fully saturated rings. The average Bonchev–Trinajstić information content (AvgIpc) is 3.37. The number of nitrogens with zero attached hydrogens (tertiary/aromatic N) is 5. The Bertz CT molecular complexity index is 1200. The molecule has 1 aliphatic heterocycles. The van der Waals surface area contributed by atoms with Crippen LogP contribution in [0.25, 0.3) is 11.4 Å². The van der Waals surface area contributed by atoms with Crippen molar-refractivity contribution >= 4 is 11.9 Å². The van der Waals surface area contributed by atoms with Crippen LogP contribution in [0, 0.1) is 17.6 Å². The number of anilines is 1. The molecular weight excluding hydrogens is 494 g/mol. The Morgan fingerprint density at radius 3 is 2.37 bits per heavy atom. The van der Waals surface area contributed by atoms with E-state index in [0.29, 0.717) is 35.8 Å². The van der Waals surface area contributed by atoms with E-state index < -0.39 is 23.1 Å². The molecule has 3 aromatic rings. The van der Waals surface area contributed by atoms with Crippen LogP contribution in [0.2, 0.25) is 0 Å². The fraction of sp³-hybridized carbons (Fsp3) is 0.519. The predicted molar refractivity (Wildman–Crippen MR) is 138 cm³/mol. The molecule has 1 saturated heterocycles. The van der Waals surface area contributed by atoms with Crippen LogP contribution in [0.4, 0.5) is 14.7 Å². The summed E-state index contributed by atoms with van der Waals surface area (Å²) in [5, 5.41) is 6.50. The molecule has 4 rings (SSSR count). The molecule has 0 unspecified atom stereocenters. The summed E-state index contributed by atoms with van der Waals surface area (Å²) in [6.07, 6.45) is 7.14. The highest BCUT2D eigenvalue weighted by Gasteiger charge is 2.22. The van der Waals surface area contributed by atoms with Gasteiger partial charge in [0.25, 0.3) is 5.91 Å². The van der Waals surface area contributed by atoms with Crippen molar-refractivity contribution in [1.82, 2.24) is 25.4 Å². The Morgan fingerprint density at radius 1 is 1.13 bits per heavy atom. The molecular formula is C27H34F2N6O3. The number of amides is 1. The summed E-state index contributed by atoms with van der Waals surface area (Å²) in [6, 6.07) is 1.90. The second-order valence-electron chi connectivity index (χ2n) is 10.2. The van der Waals surface area contributed by atoms with E-state index in [4.69, 9.17) is 9.26 Å². The molecule has 0 saturated carbocycles. The number of hydrogen-bond acceptors (Lipinski definition) is 8. The van der Waals surface area contributed by atoms with Gasteiger partial charge in [-0.1, -0.05) is 19.0 Å². The van der Waals surface area contributed by atoms with Crippen molar-refractivity contribution < 1.29 is 22.8 Å². The zero-order chi connectivity index (χ0) is 27.2. The van der Waals surface area contributed by atoms with E-state index in [1.54, 1.807) is 26.2 Å². The maximum absolute atomic E-state index is 14.3. The molecule has 38 heavy (non-hydrogen) atoms. The number of aromatic nitrogens is 4. The minimum atomic E-state index is -0.932. The van der Waals surface area contributed by atoms with Gasteiger partial charge in [-0.15, -0.1) is 0 Å². The van der Waals surface area contributed by atoms with E-state index in [9.17, 15) is 13.6 Å². The Labute approximate surface area is 221 Å². The predicted octanol–water partition coefficient (Wildman–Crippen LogP) is 5.14. The lowest BCUT2D eigenvalue weighted by atomic mass is 9.92. The summed E-state index contributed by atoms with van der Waals surface area (Å²) in [7, 11) is 0. The van der Waals surface area contributed by atoms with Gasteiger partial charge in [0.1, 0.15) is 22.9 Å². The first kappa shape index (κ1) is 27.4. The van der Waals surface area contributed by atoms with Crippen molar-refractivity contribution in [1.29, 1.82) is 0 Å². The van der Waals surface area contributed by atoms with Gasteiger partial charge in [0, 0.05) is 49.6 Å². The maximum Gasteiger partial charge on any atom is 0.257 e. The summed E-state index contributed by atoms with van der Waals surface area (Å²) >= 11 is 0. The Balaban J connectivity index is 1.20. The van der Waals surface area contributed by atoms with Crippen LogP contribution >= 0.6 is 0 Å². The molecule has 1 N–H and O–H groups in total. The summed E-state index contributed by atoms with van der Waals surface area (Å²) in [6.45, 7) is 9.47. The molecule has 1 aliphatic rings. The molecule has 0 radical (unpaired) electrons. The van der Waals surface area contributed by atoms with E-state index >= 15 is 0 Å². The molecule has 11 heteroatoms. The smallest absolute Gasteiger partial charge is 0.257 e. The second kappa shape index (κ2) is 12.3. The number of benzene rings is 1. The molecule has 0 atom stereocenters. The standard InChI is InChI=1S/C27H34F2N6O3/c1-16(2)26-33-24(34-38-26)19-14-30-27(31-15-19)35-9-7-18(8-10-35)6-5-11-37-20-12-21(28)23(22(29)13-20)25(36)32-17(3)4/h12-18H,5-11H2,1-4H3,(H,32,36). The lowest BCUT2D eigenvalue weighted by Crippen LogP contribution is -2.34. The Hall–Kier alpha value is -3.63. The van der Waals surface area contributed by atoms with Crippen LogP contribution in [0.1, 0.15) is 75.5 Å². The molecule has 9 nitrogen and oxygen atoms in total. The highest BCUT2D eigenvalue weighted by atomic mass is 19.1. The van der Waals surface area contributed by atoms with Gasteiger partial charge >= 0.3 is 0 Å². The summed E-state index contributed by atoms with van der Waals surface area (Å²) < 4.78 is 39.5. The number of rotatable bonds is 10. The van der Waals surface area contributed by atoms with E-state index in [2.05, 4.69) is 30.3 Å². The van der Waals surface area contributed by atoms with Gasteiger partial charge in [0.15, 0.2) is 0 Å². The van der Waals surface area contributed by atoms with Gasteiger partial charge < -0.3 is 19.5 Å². The third-order valence-corrected chi connectivity index (χ3v) is 6.42. The zero-order valence-corrected chi connectivity index (χ0v) is 22.2. The van der Waals surface area contributed by atoms with Crippen molar-refractivity contribution in [3.63, 3.8) is 0 Å². The molecule has 0 bridgehead atoms. The first-order valence-electron chi connectivity index (χ1n) is 13.0. The molecule has 204 valence electrons. The van der Waals surface area contributed by atoms with Crippen molar-refractivity contribution in [3.8, 4) is 17.1 Å². The van der Waals surface area contributed by atoms with Gasteiger partial charge in [-0.3, -0.25) is 4.79 Å². The lowest BCUT2D eigenvalue weighted by molar-refractivity contribution is 0.0934. The third kappa shape index (κ3) is 6.81. The van der Waals surface area contributed by atoms with Crippen LogP contribution in [0.5, 0.6) is 5.75 Å². The van der Waals surface area contributed by atoms with Crippen molar-refractivity contribution in [3.05, 3.63) is 47.6 Å². The third-order valence-electron chi connectivity index (χ3n) is 6.42. The summed E-state index contributed by atoms with van der Waals surface area (Å²) in [5.41, 5.74) is 0.124. The van der Waals surface area contributed by atoms with Crippen LogP contribution < -0.4 is 15.0 Å². The topological polar surface area (TPSA) is 106 Å². The Kier molecular flexibility index (Phi) is 8.85. The van der Waals surface area contributed by atoms with Crippen LogP contribution in [0.15, 0.2) is 29.0 Å². The van der Waals surface area contributed by atoms with Crippen LogP contribution in [-0.2, 0) is 0 Å². The minimum Gasteiger partial charge on any atom is -0.493 e. The number of carbonyl (C=O) groups is 1. The van der Waals surface area contributed by atoms with Crippen LogP contribution in [-0.4, -0.2) is 51.8 Å². The summed E-state index contributed by atoms with van der Waals surface area (Å²) in [4.78, 5) is 27.5. The number of piperidine rings is 1. The normalized spacial score (nSPS) is 14.4. The SMILES string of the molecule is CC(C)NC(=O)c1c(F)cc(OCCCC2CCN(c3ncc(-c4noc(C(C)C)n4)cn3)CC2)cc1F. The van der Waals surface area contributed by atoms with E-state index in [1.807, 2.05) is 13.8 Å². The average molecular weight is 529 g/mol. The van der Waals surface area contributed by atoms with Crippen molar-refractivity contribution in [2.75, 3.05) is 24.6 Å². The highest BCUT2D eigenvalue weighted by Crippen LogP contribution is 2.26. The van der Waals surface area contributed by atoms with Gasteiger partial charge in [-0.25, -0.2) is 18.7 Å². The second-order valence-corrected chi connectivity index (χ2v) is 10.2. The lowest BCUT2D eigenvalue weighted by Gasteiger charge is -2.32. The fourth-order valence-electron chi connectivity index (χ4n) is 4.36. The summed E-state index contributed by atoms with van der Waals surface area (Å²) in [5.74, 6) is -0.128. The molecule has 2 aromatic heterocycles. The molecule has 0 aliphatic carbocycles. The monoisotopic (exact) mass is 528 g/mol. The number of carbonyl (C=O) groups excluding carboxylic acids is 1. The van der Waals surface area contributed by atoms with Gasteiger partial charge in [-0.05, 0) is 45.4 Å². The minimum absolute atomic E-state index is 0.0813. The number of halogens is 2. The van der Waals surface area contributed by atoms with Crippen molar-refractivity contribution in [2.45, 2.75) is 65.3 Å². The Morgan fingerprint density at radius 2 is 1.79 bits per heavy atom. The molecule has 3 heterocycles. The first-order valence-corrected chi connectivity index (χ1v) is 13.0. The molecule has 1 amide bonds. The quantitative estimate of drug-likeness (QED) is 0.361. The number of nitrogens with one attached hydrogen (secondary N) is 1. The fourth-order valence-corrected chi connectivity index (χ4v) is 4.36. The van der Waals surface area contributed by atoms with Crippen LogP contribution in [0.3, 0.4) is 0 Å². The van der Waals surface area contributed by atoms with Crippen molar-refractivity contribution in [2.24, 2.45) is 5.92 Å².